The highest BCUT2D eigenvalue weighted by molar-refractivity contribution is 5.86. The second kappa shape index (κ2) is 2.96. The molecule has 0 aromatic carbocycles. The van der Waals surface area contributed by atoms with Gasteiger partial charge in [0, 0.05) is 0 Å². The molecule has 5 heteroatoms. The first-order valence-electron chi connectivity index (χ1n) is 3.05. The molecule has 0 amide bonds. The van der Waals surface area contributed by atoms with Gasteiger partial charge in [-0.25, -0.2) is 0 Å². The monoisotopic (exact) mass is 163 g/mol. The van der Waals surface area contributed by atoms with Crippen LogP contribution in [0.25, 0.3) is 0 Å². The first-order chi connectivity index (χ1) is 5.11. The van der Waals surface area contributed by atoms with Crippen LogP contribution in [0.15, 0.2) is 11.8 Å². The van der Waals surface area contributed by atoms with E-state index in [1.54, 1.807) is 0 Å². The number of Topliss-reactive ketones (excluding diaryl/α,β-unsaturated/α-hetero) is 1. The van der Waals surface area contributed by atoms with E-state index in [-0.39, 0.29) is 5.78 Å². The number of halogens is 2. The molecule has 0 saturated carbocycles. The average Bonchev–Trinajstić information content (AvgIpc) is 2.67. The van der Waals surface area contributed by atoms with Crippen LogP contribution in [0.3, 0.4) is 0 Å². The van der Waals surface area contributed by atoms with Crippen molar-refractivity contribution < 1.29 is 18.3 Å². The summed E-state index contributed by atoms with van der Waals surface area (Å²) in [6, 6.07) is 0. The van der Waals surface area contributed by atoms with Crippen molar-refractivity contribution in [2.45, 2.75) is 12.5 Å². The first-order valence-corrected chi connectivity index (χ1v) is 3.05. The molecule has 1 heterocycles. The van der Waals surface area contributed by atoms with E-state index >= 15 is 0 Å². The van der Waals surface area contributed by atoms with E-state index in [9.17, 15) is 13.6 Å². The summed E-state index contributed by atoms with van der Waals surface area (Å²) in [6.07, 6.45) is -2.89. The Morgan fingerprint density at radius 1 is 1.64 bits per heavy atom. The molecule has 62 valence electrons. The van der Waals surface area contributed by atoms with Gasteiger partial charge in [-0.2, -0.15) is 8.78 Å². The van der Waals surface area contributed by atoms with E-state index in [1.165, 1.54) is 0 Å². The average molecular weight is 163 g/mol. The lowest BCUT2D eigenvalue weighted by molar-refractivity contribution is -0.119. The Labute approximate surface area is 61.8 Å². The van der Waals surface area contributed by atoms with Gasteiger partial charge >= 0.3 is 0 Å². The normalized spacial score (nSPS) is 21.1. The molecule has 2 N–H and O–H groups in total. The van der Waals surface area contributed by atoms with E-state index in [0.717, 1.165) is 0 Å². The Morgan fingerprint density at radius 2 is 2.18 bits per heavy atom. The van der Waals surface area contributed by atoms with Crippen molar-refractivity contribution in [3.05, 3.63) is 11.8 Å². The summed E-state index contributed by atoms with van der Waals surface area (Å²) in [5.41, 5.74) is 4.17. The maximum atomic E-state index is 11.6. The second-order valence-electron chi connectivity index (χ2n) is 2.25. The molecule has 0 aliphatic carbocycles. The number of carbonyl (C=O) groups is 1. The molecule has 0 radical (unpaired) electrons. The molecule has 0 bridgehead atoms. The molecular formula is C6H7F2NO2. The quantitative estimate of drug-likeness (QED) is 0.613. The standard InChI is InChI=1S/C6H7F2NO2/c7-6(8)3(9)1-4(10)5-2-11-5/h5H,1-2,9H2. The molecule has 1 atom stereocenters. The summed E-state index contributed by atoms with van der Waals surface area (Å²) in [6.45, 7) is 0.333. The number of nitrogens with two attached hydrogens (primary N) is 1. The fourth-order valence-electron chi connectivity index (χ4n) is 0.602. The van der Waals surface area contributed by atoms with Gasteiger partial charge in [-0.3, -0.25) is 4.79 Å². The summed E-state index contributed by atoms with van der Waals surface area (Å²) in [4.78, 5) is 10.7. The van der Waals surface area contributed by atoms with Crippen LogP contribution in [0, 0.1) is 0 Å². The molecule has 0 aromatic heterocycles. The summed E-state index contributed by atoms with van der Waals surface area (Å²) < 4.78 is 27.8. The van der Waals surface area contributed by atoms with Gasteiger partial charge in [0.1, 0.15) is 6.10 Å². The molecular weight excluding hydrogens is 156 g/mol. The number of carbonyl (C=O) groups excluding carboxylic acids is 1. The first kappa shape index (κ1) is 8.13. The van der Waals surface area contributed by atoms with Gasteiger partial charge < -0.3 is 10.5 Å². The number of ketones is 1. The lowest BCUT2D eigenvalue weighted by Gasteiger charge is -1.95. The maximum Gasteiger partial charge on any atom is 0.289 e. The summed E-state index contributed by atoms with van der Waals surface area (Å²) in [7, 11) is 0. The fraction of sp³-hybridized carbons (Fsp3) is 0.500. The van der Waals surface area contributed by atoms with Crippen LogP contribution in [0.2, 0.25) is 0 Å². The topological polar surface area (TPSA) is 55.6 Å². The van der Waals surface area contributed by atoms with Crippen molar-refractivity contribution in [3.63, 3.8) is 0 Å². The van der Waals surface area contributed by atoms with Crippen LogP contribution >= 0.6 is 0 Å². The number of epoxide rings is 1. The largest absolute Gasteiger partial charge is 0.397 e. The Morgan fingerprint density at radius 3 is 2.55 bits per heavy atom. The Kier molecular flexibility index (Phi) is 2.19. The Hall–Kier alpha value is -0.970. The highest BCUT2D eigenvalue weighted by Crippen LogP contribution is 2.15. The maximum absolute atomic E-state index is 11.6. The van der Waals surface area contributed by atoms with Gasteiger partial charge in [0.2, 0.25) is 0 Å². The summed E-state index contributed by atoms with van der Waals surface area (Å²) >= 11 is 0. The van der Waals surface area contributed by atoms with Gasteiger partial charge in [-0.1, -0.05) is 0 Å². The zero-order valence-electron chi connectivity index (χ0n) is 5.64. The van der Waals surface area contributed by atoms with Crippen molar-refractivity contribution in [2.75, 3.05) is 6.61 Å². The number of rotatable bonds is 3. The SMILES string of the molecule is NC(CC(=O)C1CO1)=C(F)F. The molecule has 1 fully saturated rings. The van der Waals surface area contributed by atoms with Gasteiger partial charge in [0.05, 0.1) is 18.7 Å². The van der Waals surface area contributed by atoms with Crippen LogP contribution < -0.4 is 5.73 Å². The lowest BCUT2D eigenvalue weighted by atomic mass is 10.2. The van der Waals surface area contributed by atoms with Crippen molar-refractivity contribution in [3.8, 4) is 0 Å². The summed E-state index contributed by atoms with van der Waals surface area (Å²) in [5, 5.41) is 0. The Bertz CT molecular complexity index is 207. The highest BCUT2D eigenvalue weighted by Gasteiger charge is 2.31. The molecule has 3 nitrogen and oxygen atoms in total. The zero-order chi connectivity index (χ0) is 8.43. The molecule has 1 aliphatic rings. The third-order valence-electron chi connectivity index (χ3n) is 1.30. The molecule has 1 saturated heterocycles. The molecule has 1 aliphatic heterocycles. The number of hydrogen-bond donors (Lipinski definition) is 1. The van der Waals surface area contributed by atoms with E-state index in [4.69, 9.17) is 5.73 Å². The van der Waals surface area contributed by atoms with E-state index < -0.39 is 24.3 Å². The molecule has 11 heavy (non-hydrogen) atoms. The van der Waals surface area contributed by atoms with Crippen LogP contribution in [0.1, 0.15) is 6.42 Å². The smallest absolute Gasteiger partial charge is 0.289 e. The minimum atomic E-state index is -1.99. The zero-order valence-corrected chi connectivity index (χ0v) is 5.64. The van der Waals surface area contributed by atoms with Crippen molar-refractivity contribution in [1.29, 1.82) is 0 Å². The van der Waals surface area contributed by atoms with Gasteiger partial charge in [-0.15, -0.1) is 0 Å². The van der Waals surface area contributed by atoms with Crippen molar-refractivity contribution in [1.82, 2.24) is 0 Å². The Balaban J connectivity index is 2.41. The van der Waals surface area contributed by atoms with E-state index in [0.29, 0.717) is 6.61 Å². The highest BCUT2D eigenvalue weighted by atomic mass is 19.3. The van der Waals surface area contributed by atoms with Crippen LogP contribution in [0.4, 0.5) is 8.78 Å². The predicted octanol–water partition coefficient (Wildman–Crippen LogP) is 0.411. The molecule has 1 unspecified atom stereocenters. The van der Waals surface area contributed by atoms with Gasteiger partial charge in [-0.05, 0) is 0 Å². The number of hydrogen-bond acceptors (Lipinski definition) is 3. The minimum Gasteiger partial charge on any atom is -0.397 e. The summed E-state index contributed by atoms with van der Waals surface area (Å²) in [5.74, 6) is -0.379. The van der Waals surface area contributed by atoms with Gasteiger partial charge in [0.25, 0.3) is 6.08 Å². The van der Waals surface area contributed by atoms with Crippen LogP contribution in [0.5, 0.6) is 0 Å². The lowest BCUT2D eigenvalue weighted by Crippen LogP contribution is -2.12. The molecule has 0 aromatic rings. The molecule has 1 rings (SSSR count). The molecule has 0 spiro atoms. The minimum absolute atomic E-state index is 0.333. The van der Waals surface area contributed by atoms with Crippen LogP contribution in [-0.2, 0) is 9.53 Å². The van der Waals surface area contributed by atoms with E-state index in [2.05, 4.69) is 4.74 Å². The predicted molar refractivity (Wildman–Crippen MR) is 32.8 cm³/mol. The van der Waals surface area contributed by atoms with E-state index in [1.807, 2.05) is 0 Å². The second-order valence-corrected chi connectivity index (χ2v) is 2.25. The van der Waals surface area contributed by atoms with Crippen molar-refractivity contribution in [2.24, 2.45) is 5.73 Å². The fourth-order valence-corrected chi connectivity index (χ4v) is 0.602. The third-order valence-corrected chi connectivity index (χ3v) is 1.30. The third kappa shape index (κ3) is 2.27. The van der Waals surface area contributed by atoms with Crippen molar-refractivity contribution >= 4 is 5.78 Å². The number of allylic oxidation sites excluding steroid dienone is 1. The van der Waals surface area contributed by atoms with Gasteiger partial charge in [0.15, 0.2) is 5.78 Å². The van der Waals surface area contributed by atoms with Crippen LogP contribution in [-0.4, -0.2) is 18.5 Å². The number of ether oxygens (including phenoxy) is 1.